The number of carbonyl (C=O) groups excluding carboxylic acids is 4. The number of amides is 3. The standard InChI is InChI=1S/C44H45F3N8O6S/c1-25(2)62(60,61)52-36-9-8-34(45)39(40(36)47)41(58)33-23-50-42-32(33)20-28(22-49-42)30-4-3-13-48-43(30)55-18-16-54(17-19-55)38(57)24-53-14-11-26(12-15-53)29-6-5-27(21-35(29)46)31-7-10-37(56)51-44(31)59/h3-6,8-9,13,20-23,25-26,31,52H,7,10-12,14-19,24H2,1-2H3,(H,49,50)(H,51,56,59). The van der Waals surface area contributed by atoms with Gasteiger partial charge in [-0.3, -0.25) is 34.1 Å². The van der Waals surface area contributed by atoms with Crippen molar-refractivity contribution >= 4 is 56.1 Å². The lowest BCUT2D eigenvalue weighted by atomic mass is 9.85. The number of sulfonamides is 1. The summed E-state index contributed by atoms with van der Waals surface area (Å²) < 4.78 is 73.0. The third kappa shape index (κ3) is 8.53. The van der Waals surface area contributed by atoms with Crippen molar-refractivity contribution in [1.82, 2.24) is 30.1 Å². The van der Waals surface area contributed by atoms with Gasteiger partial charge in [0.05, 0.1) is 29.0 Å². The SMILES string of the molecule is CC(C)S(=O)(=O)Nc1ccc(F)c(C(=O)c2c[nH]c3ncc(-c4cccnc4N4CCN(C(=O)CN5CCC(c6ccc(C7CCC(=O)NC7=O)cc6F)CC5)CC4)cc23)c1F. The highest BCUT2D eigenvalue weighted by molar-refractivity contribution is 7.93. The molecule has 1 atom stereocenters. The normalized spacial score (nSPS) is 18.1. The minimum atomic E-state index is -3.99. The number of fused-ring (bicyclic) bond motifs is 1. The first kappa shape index (κ1) is 42.5. The third-order valence-corrected chi connectivity index (χ3v) is 13.8. The second-order valence-electron chi connectivity index (χ2n) is 16.2. The van der Waals surface area contributed by atoms with Gasteiger partial charge in [0.25, 0.3) is 0 Å². The molecule has 0 saturated carbocycles. The third-order valence-electron chi connectivity index (χ3n) is 12.0. The van der Waals surface area contributed by atoms with Gasteiger partial charge in [0.15, 0.2) is 5.82 Å². The second-order valence-corrected chi connectivity index (χ2v) is 18.4. The molecule has 3 aliphatic rings. The number of hydrogen-bond acceptors (Lipinski definition) is 10. The zero-order valence-corrected chi connectivity index (χ0v) is 34.9. The van der Waals surface area contributed by atoms with Crippen molar-refractivity contribution < 1.29 is 40.8 Å². The number of hydrogen-bond donors (Lipinski definition) is 3. The van der Waals surface area contributed by atoms with Crippen LogP contribution < -0.4 is 14.9 Å². The van der Waals surface area contributed by atoms with Crippen LogP contribution in [-0.2, 0) is 24.4 Å². The maximum absolute atomic E-state index is 15.6. The predicted octanol–water partition coefficient (Wildman–Crippen LogP) is 5.47. The van der Waals surface area contributed by atoms with Gasteiger partial charge in [0.1, 0.15) is 23.1 Å². The number of aromatic amines is 1. The molecule has 0 radical (unpaired) electrons. The first-order valence-electron chi connectivity index (χ1n) is 20.5. The number of imide groups is 1. The van der Waals surface area contributed by atoms with E-state index in [1.165, 1.54) is 26.1 Å². The van der Waals surface area contributed by atoms with E-state index in [2.05, 4.69) is 34.8 Å². The van der Waals surface area contributed by atoms with E-state index in [-0.39, 0.29) is 42.1 Å². The molecule has 14 nitrogen and oxygen atoms in total. The molecule has 3 saturated heterocycles. The molecule has 8 rings (SSSR count). The molecule has 3 N–H and O–H groups in total. The van der Waals surface area contributed by atoms with Crippen LogP contribution in [0.1, 0.15) is 78.4 Å². The second kappa shape index (κ2) is 17.3. The van der Waals surface area contributed by atoms with Gasteiger partial charge in [-0.25, -0.2) is 31.6 Å². The van der Waals surface area contributed by atoms with Crippen LogP contribution in [0.15, 0.2) is 67.1 Å². The predicted molar refractivity (Wildman–Crippen MR) is 226 cm³/mol. The molecule has 2 aromatic carbocycles. The number of pyridine rings is 2. The summed E-state index contributed by atoms with van der Waals surface area (Å²) in [4.78, 5) is 69.1. The monoisotopic (exact) mass is 870 g/mol. The van der Waals surface area contributed by atoms with E-state index in [4.69, 9.17) is 0 Å². The number of benzene rings is 2. The summed E-state index contributed by atoms with van der Waals surface area (Å²) in [6, 6.07) is 12.0. The highest BCUT2D eigenvalue weighted by Crippen LogP contribution is 2.35. The lowest BCUT2D eigenvalue weighted by molar-refractivity contribution is -0.134. The van der Waals surface area contributed by atoms with E-state index < -0.39 is 55.8 Å². The number of H-pyrrole nitrogens is 1. The van der Waals surface area contributed by atoms with Crippen molar-refractivity contribution in [3.05, 3.63) is 107 Å². The Morgan fingerprint density at radius 1 is 0.919 bits per heavy atom. The quantitative estimate of drug-likeness (QED) is 0.114. The lowest BCUT2D eigenvalue weighted by Gasteiger charge is -2.38. The number of nitrogens with zero attached hydrogens (tertiary/aromatic N) is 5. The maximum atomic E-state index is 15.6. The van der Waals surface area contributed by atoms with E-state index >= 15 is 13.2 Å². The largest absolute Gasteiger partial charge is 0.353 e. The number of piperidine rings is 2. The highest BCUT2D eigenvalue weighted by atomic mass is 32.2. The van der Waals surface area contributed by atoms with Gasteiger partial charge in [0, 0.05) is 73.3 Å². The van der Waals surface area contributed by atoms with Crippen LogP contribution in [0.3, 0.4) is 0 Å². The van der Waals surface area contributed by atoms with Crippen LogP contribution in [0.5, 0.6) is 0 Å². The van der Waals surface area contributed by atoms with Gasteiger partial charge in [-0.15, -0.1) is 0 Å². The number of nitrogens with one attached hydrogen (secondary N) is 3. The molecule has 0 spiro atoms. The van der Waals surface area contributed by atoms with Gasteiger partial charge in [-0.2, -0.15) is 0 Å². The molecule has 62 heavy (non-hydrogen) atoms. The van der Waals surface area contributed by atoms with Crippen molar-refractivity contribution in [2.45, 2.75) is 56.6 Å². The van der Waals surface area contributed by atoms with Gasteiger partial charge in [-0.05, 0) is 99.6 Å². The fourth-order valence-electron chi connectivity index (χ4n) is 8.42. The van der Waals surface area contributed by atoms with Gasteiger partial charge in [0.2, 0.25) is 33.5 Å². The topological polar surface area (TPSA) is 178 Å². The fourth-order valence-corrected chi connectivity index (χ4v) is 9.12. The highest BCUT2D eigenvalue weighted by Gasteiger charge is 2.32. The molecule has 324 valence electrons. The molecule has 0 bridgehead atoms. The summed E-state index contributed by atoms with van der Waals surface area (Å²) in [5, 5.41) is 1.71. The zero-order valence-electron chi connectivity index (χ0n) is 34.1. The maximum Gasteiger partial charge on any atom is 0.236 e. The van der Waals surface area contributed by atoms with E-state index in [1.807, 2.05) is 11.0 Å². The van der Waals surface area contributed by atoms with E-state index in [0.29, 0.717) is 97.6 Å². The Balaban J connectivity index is 0.899. The molecule has 3 aromatic heterocycles. The molecular formula is C44H45F3N8O6S. The smallest absolute Gasteiger partial charge is 0.236 e. The average molecular weight is 871 g/mol. The average Bonchev–Trinajstić information content (AvgIpc) is 3.68. The first-order chi connectivity index (χ1) is 29.7. The Hall–Kier alpha value is -6.14. The number of likely N-dealkylation sites (tertiary alicyclic amines) is 1. The minimum absolute atomic E-state index is 0.000776. The van der Waals surface area contributed by atoms with Crippen LogP contribution in [0.25, 0.3) is 22.2 Å². The summed E-state index contributed by atoms with van der Waals surface area (Å²) in [5.41, 5.74) is 1.20. The Morgan fingerprint density at radius 2 is 1.68 bits per heavy atom. The van der Waals surface area contributed by atoms with Gasteiger partial charge < -0.3 is 14.8 Å². The van der Waals surface area contributed by atoms with Crippen molar-refractivity contribution in [2.75, 3.05) is 55.4 Å². The summed E-state index contributed by atoms with van der Waals surface area (Å²) in [6.45, 7) is 6.19. The van der Waals surface area contributed by atoms with Crippen molar-refractivity contribution in [1.29, 1.82) is 0 Å². The van der Waals surface area contributed by atoms with Crippen molar-refractivity contribution in [2.24, 2.45) is 0 Å². The molecule has 5 aromatic rings. The first-order valence-corrected chi connectivity index (χ1v) is 22.1. The van der Waals surface area contributed by atoms with Crippen LogP contribution in [-0.4, -0.2) is 108 Å². The lowest BCUT2D eigenvalue weighted by Crippen LogP contribution is -2.52. The Kier molecular flexibility index (Phi) is 11.9. The van der Waals surface area contributed by atoms with Crippen molar-refractivity contribution in [3.63, 3.8) is 0 Å². The van der Waals surface area contributed by atoms with Crippen molar-refractivity contribution in [3.8, 4) is 11.1 Å². The number of anilines is 2. The number of halogens is 3. The number of aromatic nitrogens is 3. The summed E-state index contributed by atoms with van der Waals surface area (Å²) in [7, 11) is -3.99. The molecule has 3 fully saturated rings. The molecular weight excluding hydrogens is 826 g/mol. The summed E-state index contributed by atoms with van der Waals surface area (Å²) >= 11 is 0. The molecule has 0 aliphatic carbocycles. The van der Waals surface area contributed by atoms with E-state index in [1.54, 1.807) is 36.7 Å². The summed E-state index contributed by atoms with van der Waals surface area (Å²) in [6.07, 6.45) is 6.50. The molecule has 6 heterocycles. The summed E-state index contributed by atoms with van der Waals surface area (Å²) in [5.74, 6) is -4.50. The molecule has 1 unspecified atom stereocenters. The van der Waals surface area contributed by atoms with E-state index in [0.717, 1.165) is 12.1 Å². The molecule has 18 heteroatoms. The molecule has 3 amide bonds. The number of rotatable bonds is 11. The van der Waals surface area contributed by atoms with Crippen LogP contribution in [0.2, 0.25) is 0 Å². The van der Waals surface area contributed by atoms with E-state index in [9.17, 15) is 27.6 Å². The number of carbonyl (C=O) groups is 4. The zero-order chi connectivity index (χ0) is 43.9. The number of ketones is 1. The Morgan fingerprint density at radius 3 is 2.39 bits per heavy atom. The van der Waals surface area contributed by atoms with Gasteiger partial charge >= 0.3 is 0 Å². The molecule has 3 aliphatic heterocycles. The fraction of sp³-hybridized carbons (Fsp3) is 0.364. The minimum Gasteiger partial charge on any atom is -0.353 e. The Labute approximate surface area is 355 Å². The Bertz CT molecular complexity index is 2690. The van der Waals surface area contributed by atoms with Gasteiger partial charge in [-0.1, -0.05) is 12.1 Å². The van der Waals surface area contributed by atoms with Crippen LogP contribution in [0.4, 0.5) is 24.7 Å². The van der Waals surface area contributed by atoms with Crippen LogP contribution >= 0.6 is 0 Å². The van der Waals surface area contributed by atoms with Crippen LogP contribution in [0, 0.1) is 17.5 Å². The number of piperazine rings is 1.